The largest absolute Gasteiger partial charge is 0.405 e. The fourth-order valence-electron chi connectivity index (χ4n) is 11.6. The quantitative estimate of drug-likeness (QED) is 0.0218. The molecule has 85 heavy (non-hydrogen) atoms. The molecule has 0 bridgehead atoms. The minimum atomic E-state index is -2.45. The standard InChI is InChI=1S/C38H58O3Si.C22H40O3.C16H19ClSi/c1-34(41-42(38(2,3)4,35-27-19-16-20-28-35)36-29-21-17-22-30-36)26-18-14-12-10-8-6-5-7-9-11-13-15-24-32-39-37-31-23-25-33-40-37;1-21(23)17-13-11-9-7-5-3-2-4-6-8-10-12-15-19-24-22-18-14-16-20-25-22;1-16(2,3)18(17,14-10-6-4-7-11-14)15-12-8-5-9-13-15/h16-17,19-22,27-30,34,37H,5-10,12,14-15,18,23-26,31-33H2,1-4H3;21-23H,2-7,9,11-20H2,1H3;4-13H,1-3H3. The summed E-state index contributed by atoms with van der Waals surface area (Å²) in [5, 5.41) is 14.6. The molecular weight excluding hydrogens is 1100 g/mol. The van der Waals surface area contributed by atoms with Crippen molar-refractivity contribution in [3.63, 3.8) is 0 Å². The fourth-order valence-corrected chi connectivity index (χ4v) is 20.5. The molecule has 2 aliphatic rings. The molecule has 4 aromatic carbocycles. The van der Waals surface area contributed by atoms with E-state index in [0.29, 0.717) is 0 Å². The van der Waals surface area contributed by atoms with Gasteiger partial charge in [-0.05, 0) is 122 Å². The second-order valence-corrected chi connectivity index (χ2v) is 36.0. The first-order valence-electron chi connectivity index (χ1n) is 33.8. The van der Waals surface area contributed by atoms with Gasteiger partial charge in [-0.2, -0.15) is 11.1 Å². The number of aliphatic hydroxyl groups is 1. The van der Waals surface area contributed by atoms with Crippen molar-refractivity contribution >= 4 is 47.5 Å². The van der Waals surface area contributed by atoms with Gasteiger partial charge in [0.25, 0.3) is 8.32 Å². The molecule has 2 saturated heterocycles. The summed E-state index contributed by atoms with van der Waals surface area (Å²) in [6, 6.07) is 43.1. The van der Waals surface area contributed by atoms with Crippen LogP contribution in [0.4, 0.5) is 0 Å². The van der Waals surface area contributed by atoms with E-state index in [9.17, 15) is 5.11 Å². The summed E-state index contributed by atoms with van der Waals surface area (Å²) >= 11 is 7.21. The predicted molar refractivity (Wildman–Crippen MR) is 369 cm³/mol. The molecular formula is C76H117ClO6Si2. The lowest BCUT2D eigenvalue weighted by Gasteiger charge is -2.44. The topological polar surface area (TPSA) is 66.4 Å². The number of unbranched alkanes of at least 4 members (excludes halogenated alkanes) is 18. The minimum Gasteiger partial charge on any atom is -0.405 e. The van der Waals surface area contributed by atoms with Gasteiger partial charge in [0, 0.05) is 45.0 Å². The van der Waals surface area contributed by atoms with Crippen LogP contribution in [0.25, 0.3) is 0 Å². The van der Waals surface area contributed by atoms with Crippen molar-refractivity contribution in [1.29, 1.82) is 0 Å². The second-order valence-electron chi connectivity index (χ2n) is 26.1. The van der Waals surface area contributed by atoms with Crippen molar-refractivity contribution in [3.05, 3.63) is 121 Å². The zero-order valence-corrected chi connectivity index (χ0v) is 57.5. The molecule has 0 saturated carbocycles. The highest BCUT2D eigenvalue weighted by Gasteiger charge is 2.51. The highest BCUT2D eigenvalue weighted by Crippen LogP contribution is 2.39. The highest BCUT2D eigenvalue weighted by atomic mass is 35.6. The summed E-state index contributed by atoms with van der Waals surface area (Å²) in [5.41, 5.74) is 0. The molecule has 0 aromatic heterocycles. The molecule has 2 fully saturated rings. The number of ether oxygens (including phenoxy) is 4. The number of hydrogen-bond acceptors (Lipinski definition) is 6. The Morgan fingerprint density at radius 1 is 0.447 bits per heavy atom. The average Bonchev–Trinajstić information content (AvgIpc) is 1.44. The Balaban J connectivity index is 0.000000303. The predicted octanol–water partition coefficient (Wildman–Crippen LogP) is 18.6. The van der Waals surface area contributed by atoms with E-state index in [1.165, 1.54) is 149 Å². The molecule has 0 radical (unpaired) electrons. The third-order valence-electron chi connectivity index (χ3n) is 16.5. The number of benzene rings is 4. The first-order chi connectivity index (χ1) is 41.2. The van der Waals surface area contributed by atoms with Gasteiger partial charge < -0.3 is 28.5 Å². The van der Waals surface area contributed by atoms with Crippen molar-refractivity contribution in [2.24, 2.45) is 0 Å². The number of aliphatic hydroxyl groups excluding tert-OH is 1. The molecule has 472 valence electrons. The minimum absolute atomic E-state index is 0.0318. The fraction of sp³-hybridized carbons (Fsp3) is 0.632. The highest BCUT2D eigenvalue weighted by molar-refractivity contribution is 7.35. The molecule has 4 aromatic rings. The van der Waals surface area contributed by atoms with Crippen LogP contribution in [0.5, 0.6) is 0 Å². The first kappa shape index (κ1) is 74.0. The zero-order chi connectivity index (χ0) is 61.2. The van der Waals surface area contributed by atoms with Crippen LogP contribution in [-0.2, 0) is 23.4 Å². The molecule has 0 amide bonds. The molecule has 0 spiro atoms. The molecule has 6 rings (SSSR count). The van der Waals surface area contributed by atoms with Gasteiger partial charge in [0.05, 0.1) is 19.3 Å². The first-order valence-corrected chi connectivity index (χ1v) is 38.7. The monoisotopic (exact) mass is 1220 g/mol. The number of halogens is 1. The third kappa shape index (κ3) is 29.6. The van der Waals surface area contributed by atoms with Crippen LogP contribution in [0.1, 0.15) is 248 Å². The molecule has 6 nitrogen and oxygen atoms in total. The number of rotatable bonds is 34. The molecule has 4 unspecified atom stereocenters. The van der Waals surface area contributed by atoms with E-state index in [4.69, 9.17) is 34.5 Å². The molecule has 2 aliphatic heterocycles. The van der Waals surface area contributed by atoms with E-state index in [1.807, 2.05) is 19.1 Å². The summed E-state index contributed by atoms with van der Waals surface area (Å²) in [6.07, 6.45) is 36.0. The Bertz CT molecular complexity index is 2280. The molecule has 2 heterocycles. The van der Waals surface area contributed by atoms with E-state index in [1.54, 1.807) is 0 Å². The third-order valence-corrected chi connectivity index (χ3v) is 29.0. The van der Waals surface area contributed by atoms with Crippen molar-refractivity contribution in [2.45, 2.75) is 283 Å². The Morgan fingerprint density at radius 3 is 1.11 bits per heavy atom. The van der Waals surface area contributed by atoms with Crippen LogP contribution in [0.3, 0.4) is 0 Å². The summed E-state index contributed by atoms with van der Waals surface area (Å²) < 4.78 is 29.8. The van der Waals surface area contributed by atoms with Crippen LogP contribution in [0.2, 0.25) is 10.1 Å². The Hall–Kier alpha value is -3.52. The van der Waals surface area contributed by atoms with Crippen LogP contribution in [-0.4, -0.2) is 72.0 Å². The van der Waals surface area contributed by atoms with Crippen molar-refractivity contribution in [1.82, 2.24) is 0 Å². The molecule has 9 heteroatoms. The van der Waals surface area contributed by atoms with Crippen LogP contribution >= 0.6 is 11.1 Å². The van der Waals surface area contributed by atoms with Crippen molar-refractivity contribution in [3.8, 4) is 23.7 Å². The summed E-state index contributed by atoms with van der Waals surface area (Å²) in [5.74, 6) is 13.2. The van der Waals surface area contributed by atoms with Gasteiger partial charge in [-0.3, -0.25) is 0 Å². The van der Waals surface area contributed by atoms with Crippen LogP contribution in [0, 0.1) is 23.7 Å². The van der Waals surface area contributed by atoms with E-state index in [0.717, 1.165) is 90.6 Å². The molecule has 0 aliphatic carbocycles. The van der Waals surface area contributed by atoms with Gasteiger partial charge in [0.15, 0.2) is 12.6 Å². The summed E-state index contributed by atoms with van der Waals surface area (Å²) in [7, 11) is -4.68. The average molecular weight is 1220 g/mol. The number of hydrogen-bond donors (Lipinski definition) is 1. The van der Waals surface area contributed by atoms with E-state index in [2.05, 4.69) is 181 Å². The lowest BCUT2D eigenvalue weighted by atomic mass is 10.1. The molecule has 4 atom stereocenters. The van der Waals surface area contributed by atoms with E-state index >= 15 is 0 Å². The lowest BCUT2D eigenvalue weighted by molar-refractivity contribution is -0.162. The second kappa shape index (κ2) is 44.0. The van der Waals surface area contributed by atoms with Gasteiger partial charge in [-0.1, -0.05) is 253 Å². The van der Waals surface area contributed by atoms with Gasteiger partial charge in [0.2, 0.25) is 7.38 Å². The zero-order valence-electron chi connectivity index (χ0n) is 54.8. The Morgan fingerprint density at radius 2 is 0.776 bits per heavy atom. The summed E-state index contributed by atoms with van der Waals surface area (Å²) in [6.45, 7) is 21.2. The van der Waals surface area contributed by atoms with Crippen molar-refractivity contribution < 1.29 is 28.5 Å². The lowest BCUT2D eigenvalue weighted by Crippen LogP contribution is -2.67. The maximum atomic E-state index is 9.19. The van der Waals surface area contributed by atoms with Crippen molar-refractivity contribution in [2.75, 3.05) is 26.4 Å². The van der Waals surface area contributed by atoms with E-state index in [-0.39, 0.29) is 34.9 Å². The van der Waals surface area contributed by atoms with Gasteiger partial charge in [0.1, 0.15) is 0 Å². The van der Waals surface area contributed by atoms with Gasteiger partial charge >= 0.3 is 0 Å². The van der Waals surface area contributed by atoms with Crippen LogP contribution in [0.15, 0.2) is 121 Å². The van der Waals surface area contributed by atoms with Gasteiger partial charge in [-0.15, -0.1) is 23.7 Å². The maximum Gasteiger partial charge on any atom is 0.261 e. The van der Waals surface area contributed by atoms with Crippen LogP contribution < -0.4 is 20.7 Å². The maximum absolute atomic E-state index is 9.19. The normalized spacial score (nSPS) is 16.3. The van der Waals surface area contributed by atoms with Gasteiger partial charge in [-0.25, -0.2) is 0 Å². The SMILES string of the molecule is CC(C)(C)[Si](Cl)(c1ccccc1)c1ccccc1.CC(CCCCCCCCCCC#CCCCOC1CCCCO1)O[Si](c1ccccc1)(c1ccccc1)C(C)(C)C.CC(O)CCCCCCCCCCC#CCCCOC1CCCCO1. The Kier molecular flexibility index (Phi) is 38.3. The molecule has 1 N–H and O–H groups in total. The van der Waals surface area contributed by atoms with E-state index < -0.39 is 15.7 Å². The summed E-state index contributed by atoms with van der Waals surface area (Å²) in [4.78, 5) is 0. The smallest absolute Gasteiger partial charge is 0.261 e. The Labute approximate surface area is 527 Å².